The second-order valence-electron chi connectivity index (χ2n) is 12.5. The molecule has 5 aromatic rings. The molecule has 3 aromatic carbocycles. The number of esters is 1. The number of hydrogen-bond donors (Lipinski definition) is 0. The number of benzene rings is 3. The summed E-state index contributed by atoms with van der Waals surface area (Å²) in [5, 5.41) is 5.00. The standard InChI is InChI=1S/C40H40N4O5S/c1-7-20-49-39(46)35-27(5)41-40-44(37(35)28-13-16-32(47-6)17-14-28)38(45)34(50-40)23-30-24-43(31-11-9-8-10-12-31)42-36(30)29-15-18-33(26(4)22-29)48-21-19-25(2)3/h7-18,22-25,37H,1,19-21H2,2-6H3/b34-23-. The Balaban J connectivity index is 1.49. The molecule has 0 amide bonds. The molecule has 0 aliphatic carbocycles. The van der Waals surface area contributed by atoms with Crippen molar-refractivity contribution < 1.29 is 19.0 Å². The number of carbonyl (C=O) groups excluding carboxylic acids is 1. The van der Waals surface area contributed by atoms with Gasteiger partial charge < -0.3 is 14.2 Å². The molecule has 1 aliphatic rings. The van der Waals surface area contributed by atoms with E-state index >= 15 is 0 Å². The van der Waals surface area contributed by atoms with E-state index in [9.17, 15) is 9.59 Å². The fourth-order valence-electron chi connectivity index (χ4n) is 5.83. The Labute approximate surface area is 295 Å². The van der Waals surface area contributed by atoms with Gasteiger partial charge in [0.1, 0.15) is 23.8 Å². The summed E-state index contributed by atoms with van der Waals surface area (Å²) in [6.07, 6.45) is 6.26. The Morgan fingerprint density at radius 2 is 1.82 bits per heavy atom. The number of allylic oxidation sites excluding steroid dienone is 1. The topological polar surface area (TPSA) is 96.9 Å². The van der Waals surface area contributed by atoms with Crippen LogP contribution in [0.5, 0.6) is 11.5 Å². The quantitative estimate of drug-likeness (QED) is 0.109. The van der Waals surface area contributed by atoms with E-state index in [2.05, 4.69) is 26.5 Å². The number of rotatable bonds is 12. The molecule has 50 heavy (non-hydrogen) atoms. The monoisotopic (exact) mass is 688 g/mol. The maximum Gasteiger partial charge on any atom is 0.338 e. The van der Waals surface area contributed by atoms with E-state index in [0.29, 0.717) is 44.6 Å². The van der Waals surface area contributed by atoms with Gasteiger partial charge in [0.2, 0.25) is 0 Å². The SMILES string of the molecule is C=CCOC(=O)C1=C(C)N=c2s/c(=C\c3cn(-c4ccccc4)nc3-c3ccc(OCCC(C)C)c(C)c3)c(=O)n2C1c1ccc(OC)cc1. The highest BCUT2D eigenvalue weighted by Gasteiger charge is 2.33. The molecule has 0 radical (unpaired) electrons. The number of aryl methyl sites for hydroxylation is 1. The molecule has 1 aliphatic heterocycles. The number of carbonyl (C=O) groups is 1. The average molecular weight is 689 g/mol. The molecular weight excluding hydrogens is 649 g/mol. The van der Waals surface area contributed by atoms with Crippen molar-refractivity contribution in [3.8, 4) is 28.4 Å². The average Bonchev–Trinajstić information content (AvgIpc) is 3.67. The first kappa shape index (κ1) is 34.4. The summed E-state index contributed by atoms with van der Waals surface area (Å²) in [6.45, 7) is 12.5. The summed E-state index contributed by atoms with van der Waals surface area (Å²) >= 11 is 1.27. The number of para-hydroxylation sites is 1. The number of thiazole rings is 1. The van der Waals surface area contributed by atoms with Gasteiger partial charge in [-0.3, -0.25) is 9.36 Å². The summed E-state index contributed by atoms with van der Waals surface area (Å²) in [7, 11) is 1.59. The van der Waals surface area contributed by atoms with Crippen LogP contribution in [0.2, 0.25) is 0 Å². The van der Waals surface area contributed by atoms with E-state index in [4.69, 9.17) is 24.3 Å². The van der Waals surface area contributed by atoms with Crippen molar-refractivity contribution in [2.45, 2.75) is 40.2 Å². The Morgan fingerprint density at radius 3 is 2.50 bits per heavy atom. The van der Waals surface area contributed by atoms with Gasteiger partial charge in [-0.15, -0.1) is 0 Å². The number of methoxy groups -OCH3 is 1. The lowest BCUT2D eigenvalue weighted by Gasteiger charge is -2.24. The number of aromatic nitrogens is 3. The molecule has 0 saturated heterocycles. The first-order chi connectivity index (χ1) is 24.2. The van der Waals surface area contributed by atoms with Crippen molar-refractivity contribution in [2.75, 3.05) is 20.3 Å². The predicted octanol–water partition coefficient (Wildman–Crippen LogP) is 6.56. The lowest BCUT2D eigenvalue weighted by atomic mass is 9.96. The molecule has 0 N–H and O–H groups in total. The third-order valence-electron chi connectivity index (χ3n) is 8.46. The molecule has 0 saturated carbocycles. The minimum absolute atomic E-state index is 0.0358. The second kappa shape index (κ2) is 15.0. The molecule has 1 atom stereocenters. The van der Waals surface area contributed by atoms with Gasteiger partial charge >= 0.3 is 5.97 Å². The summed E-state index contributed by atoms with van der Waals surface area (Å²) in [6, 6.07) is 22.4. The van der Waals surface area contributed by atoms with Crippen LogP contribution in [0.4, 0.5) is 0 Å². The molecule has 10 heteroatoms. The predicted molar refractivity (Wildman–Crippen MR) is 197 cm³/mol. The lowest BCUT2D eigenvalue weighted by molar-refractivity contribution is -0.138. The number of ether oxygens (including phenoxy) is 3. The van der Waals surface area contributed by atoms with E-state index in [1.54, 1.807) is 30.7 Å². The number of hydrogen-bond acceptors (Lipinski definition) is 8. The van der Waals surface area contributed by atoms with Crippen LogP contribution < -0.4 is 24.4 Å². The van der Waals surface area contributed by atoms with Crippen LogP contribution in [0.3, 0.4) is 0 Å². The van der Waals surface area contributed by atoms with E-state index in [-0.39, 0.29) is 12.2 Å². The number of fused-ring (bicyclic) bond motifs is 1. The molecule has 2 aromatic heterocycles. The summed E-state index contributed by atoms with van der Waals surface area (Å²) in [4.78, 5) is 33.0. The van der Waals surface area contributed by atoms with Crippen LogP contribution in [0.1, 0.15) is 49.9 Å². The maximum atomic E-state index is 14.4. The lowest BCUT2D eigenvalue weighted by Crippen LogP contribution is -2.39. The molecule has 0 fully saturated rings. The molecule has 256 valence electrons. The zero-order chi connectivity index (χ0) is 35.4. The van der Waals surface area contributed by atoms with Crippen LogP contribution >= 0.6 is 11.3 Å². The van der Waals surface area contributed by atoms with Gasteiger partial charge in [0, 0.05) is 17.3 Å². The smallest absolute Gasteiger partial charge is 0.338 e. The van der Waals surface area contributed by atoms with Crippen molar-refractivity contribution in [3.63, 3.8) is 0 Å². The van der Waals surface area contributed by atoms with Gasteiger partial charge in [0.15, 0.2) is 4.80 Å². The summed E-state index contributed by atoms with van der Waals surface area (Å²) in [5.41, 5.74) is 5.47. The number of nitrogens with zero attached hydrogens (tertiary/aromatic N) is 4. The van der Waals surface area contributed by atoms with Gasteiger partial charge in [0.05, 0.1) is 41.2 Å². The van der Waals surface area contributed by atoms with E-state index in [1.807, 2.05) is 78.5 Å². The molecule has 0 spiro atoms. The zero-order valence-corrected chi connectivity index (χ0v) is 29.7. The minimum Gasteiger partial charge on any atom is -0.497 e. The Kier molecular flexibility index (Phi) is 10.3. The fourth-order valence-corrected chi connectivity index (χ4v) is 6.87. The Bertz CT molecular complexity index is 2250. The highest BCUT2D eigenvalue weighted by molar-refractivity contribution is 7.07. The summed E-state index contributed by atoms with van der Waals surface area (Å²) < 4.78 is 20.8. The minimum atomic E-state index is -0.756. The highest BCUT2D eigenvalue weighted by Crippen LogP contribution is 2.32. The first-order valence-corrected chi connectivity index (χ1v) is 17.3. The van der Waals surface area contributed by atoms with Crippen molar-refractivity contribution in [2.24, 2.45) is 10.9 Å². The van der Waals surface area contributed by atoms with E-state index in [0.717, 1.165) is 40.1 Å². The molecule has 3 heterocycles. The second-order valence-corrected chi connectivity index (χ2v) is 13.5. The van der Waals surface area contributed by atoms with Crippen molar-refractivity contribution in [3.05, 3.63) is 139 Å². The van der Waals surface area contributed by atoms with Crippen LogP contribution in [0, 0.1) is 12.8 Å². The van der Waals surface area contributed by atoms with Gasteiger partial charge in [-0.05, 0) is 85.9 Å². The molecule has 1 unspecified atom stereocenters. The fraction of sp³-hybridized carbons (Fsp3) is 0.250. The van der Waals surface area contributed by atoms with Crippen molar-refractivity contribution in [1.82, 2.24) is 14.3 Å². The molecule has 9 nitrogen and oxygen atoms in total. The zero-order valence-electron chi connectivity index (χ0n) is 28.9. The van der Waals surface area contributed by atoms with Crippen LogP contribution in [0.25, 0.3) is 23.0 Å². The van der Waals surface area contributed by atoms with E-state index in [1.165, 1.54) is 17.4 Å². The summed E-state index contributed by atoms with van der Waals surface area (Å²) in [5.74, 6) is 1.49. The van der Waals surface area contributed by atoms with Gasteiger partial charge in [-0.25, -0.2) is 14.5 Å². The largest absolute Gasteiger partial charge is 0.497 e. The highest BCUT2D eigenvalue weighted by atomic mass is 32.1. The van der Waals surface area contributed by atoms with Gasteiger partial charge in [-0.1, -0.05) is 68.2 Å². The van der Waals surface area contributed by atoms with Crippen LogP contribution in [-0.4, -0.2) is 40.6 Å². The van der Waals surface area contributed by atoms with Gasteiger partial charge in [-0.2, -0.15) is 5.10 Å². The normalized spacial score (nSPS) is 14.4. The Hall–Kier alpha value is -5.48. The van der Waals surface area contributed by atoms with Crippen molar-refractivity contribution >= 4 is 23.4 Å². The molecular formula is C40H40N4O5S. The third-order valence-corrected chi connectivity index (χ3v) is 9.44. The van der Waals surface area contributed by atoms with Gasteiger partial charge in [0.25, 0.3) is 5.56 Å². The van der Waals surface area contributed by atoms with Crippen LogP contribution in [0.15, 0.2) is 113 Å². The van der Waals surface area contributed by atoms with Crippen molar-refractivity contribution in [1.29, 1.82) is 0 Å². The first-order valence-electron chi connectivity index (χ1n) is 16.5. The Morgan fingerprint density at radius 1 is 1.06 bits per heavy atom. The van der Waals surface area contributed by atoms with Crippen LogP contribution in [-0.2, 0) is 9.53 Å². The maximum absolute atomic E-state index is 14.4. The molecule has 0 bridgehead atoms. The molecule has 6 rings (SSSR count). The third kappa shape index (κ3) is 7.11. The van der Waals surface area contributed by atoms with E-state index < -0.39 is 12.0 Å².